The number of carbonyl (C=O) groups is 1. The number of carbonyl (C=O) groups excluding carboxylic acids is 1. The van der Waals surface area contributed by atoms with Gasteiger partial charge in [0.1, 0.15) is 5.75 Å². The van der Waals surface area contributed by atoms with Crippen LogP contribution >= 0.6 is 0 Å². The molecule has 3 rings (SSSR count). The lowest BCUT2D eigenvalue weighted by molar-refractivity contribution is -0.144. The van der Waals surface area contributed by atoms with Crippen LogP contribution in [-0.4, -0.2) is 43.7 Å². The number of esters is 1. The maximum Gasteiger partial charge on any atom is 0.306 e. The molecular formula is C22H30N2O3. The predicted octanol–water partition coefficient (Wildman–Crippen LogP) is 3.67. The zero-order valence-corrected chi connectivity index (χ0v) is 16.4. The van der Waals surface area contributed by atoms with E-state index in [9.17, 15) is 10.1 Å². The first kappa shape index (κ1) is 19.7. The van der Waals surface area contributed by atoms with Gasteiger partial charge in [-0.2, -0.15) is 5.26 Å². The van der Waals surface area contributed by atoms with Crippen LogP contribution in [0.15, 0.2) is 24.3 Å². The molecule has 1 aliphatic carbocycles. The second-order valence-electron chi connectivity index (χ2n) is 7.82. The summed E-state index contributed by atoms with van der Waals surface area (Å²) in [5, 5.41) is 9.95. The summed E-state index contributed by atoms with van der Waals surface area (Å²) in [4.78, 5) is 14.3. The minimum absolute atomic E-state index is 0.0745. The van der Waals surface area contributed by atoms with Crippen molar-refractivity contribution in [3.63, 3.8) is 0 Å². The molecular weight excluding hydrogens is 340 g/mol. The average Bonchev–Trinajstić information content (AvgIpc) is 3.16. The first-order valence-corrected chi connectivity index (χ1v) is 10.1. The van der Waals surface area contributed by atoms with E-state index in [2.05, 4.69) is 17.0 Å². The highest BCUT2D eigenvalue weighted by Crippen LogP contribution is 2.42. The van der Waals surface area contributed by atoms with Crippen molar-refractivity contribution in [2.45, 2.75) is 56.9 Å². The highest BCUT2D eigenvalue weighted by molar-refractivity contribution is 5.69. The molecule has 1 aliphatic heterocycles. The van der Waals surface area contributed by atoms with Gasteiger partial charge in [-0.15, -0.1) is 0 Å². The molecule has 146 valence electrons. The summed E-state index contributed by atoms with van der Waals surface area (Å²) in [7, 11) is 1.66. The Balaban J connectivity index is 1.58. The van der Waals surface area contributed by atoms with Crippen molar-refractivity contribution in [3.8, 4) is 11.8 Å². The minimum Gasteiger partial charge on any atom is -0.497 e. The van der Waals surface area contributed by atoms with Crippen LogP contribution in [0.3, 0.4) is 0 Å². The third-order valence-electron chi connectivity index (χ3n) is 6.24. The molecule has 27 heavy (non-hydrogen) atoms. The van der Waals surface area contributed by atoms with Gasteiger partial charge in [0.2, 0.25) is 0 Å². The van der Waals surface area contributed by atoms with Gasteiger partial charge in [0, 0.05) is 19.0 Å². The van der Waals surface area contributed by atoms with E-state index < -0.39 is 5.41 Å². The fourth-order valence-electron chi connectivity index (χ4n) is 4.66. The van der Waals surface area contributed by atoms with E-state index in [0.717, 1.165) is 56.5 Å². The van der Waals surface area contributed by atoms with Crippen molar-refractivity contribution in [3.05, 3.63) is 29.8 Å². The average molecular weight is 370 g/mol. The Bertz CT molecular complexity index is 689. The van der Waals surface area contributed by atoms with E-state index in [0.29, 0.717) is 25.0 Å². The maximum absolute atomic E-state index is 11.7. The third kappa shape index (κ3) is 4.44. The van der Waals surface area contributed by atoms with Crippen LogP contribution in [-0.2, 0) is 14.9 Å². The molecule has 5 heteroatoms. The Morgan fingerprint density at radius 2 is 2.11 bits per heavy atom. The quantitative estimate of drug-likeness (QED) is 0.715. The molecule has 0 aromatic heterocycles. The Hall–Kier alpha value is -2.06. The first-order valence-electron chi connectivity index (χ1n) is 10.1. The number of benzene rings is 1. The van der Waals surface area contributed by atoms with Crippen molar-refractivity contribution in [2.24, 2.45) is 5.92 Å². The Morgan fingerprint density at radius 1 is 1.33 bits per heavy atom. The lowest BCUT2D eigenvalue weighted by atomic mass is 9.69. The van der Waals surface area contributed by atoms with Crippen LogP contribution in [0.2, 0.25) is 0 Å². The van der Waals surface area contributed by atoms with E-state index in [1.54, 1.807) is 7.11 Å². The number of nitrogens with zero attached hydrogens (tertiary/aromatic N) is 2. The number of hydrogen-bond acceptors (Lipinski definition) is 5. The molecule has 1 saturated heterocycles. The van der Waals surface area contributed by atoms with Crippen LogP contribution in [0.1, 0.15) is 51.0 Å². The smallest absolute Gasteiger partial charge is 0.306 e. The van der Waals surface area contributed by atoms with Crippen molar-refractivity contribution in [2.75, 3.05) is 26.8 Å². The van der Waals surface area contributed by atoms with E-state index >= 15 is 0 Å². The molecule has 1 aromatic rings. The molecule has 1 saturated carbocycles. The first-order chi connectivity index (χ1) is 13.1. The van der Waals surface area contributed by atoms with Crippen LogP contribution in [0.4, 0.5) is 0 Å². The van der Waals surface area contributed by atoms with Gasteiger partial charge in [0.05, 0.1) is 25.2 Å². The summed E-state index contributed by atoms with van der Waals surface area (Å²) in [5.41, 5.74) is 0.666. The van der Waals surface area contributed by atoms with Crippen LogP contribution in [0, 0.1) is 17.2 Å². The van der Waals surface area contributed by atoms with Crippen LogP contribution in [0.5, 0.6) is 5.75 Å². The van der Waals surface area contributed by atoms with Gasteiger partial charge >= 0.3 is 5.97 Å². The second-order valence-corrected chi connectivity index (χ2v) is 7.82. The fraction of sp³-hybridized carbons (Fsp3) is 0.636. The van der Waals surface area contributed by atoms with Gasteiger partial charge < -0.3 is 14.4 Å². The zero-order chi connectivity index (χ0) is 19.3. The van der Waals surface area contributed by atoms with Crippen LogP contribution in [0.25, 0.3) is 0 Å². The zero-order valence-electron chi connectivity index (χ0n) is 16.4. The normalized spacial score (nSPS) is 28.5. The molecule has 1 heterocycles. The second kappa shape index (κ2) is 8.75. The van der Waals surface area contributed by atoms with Crippen molar-refractivity contribution in [1.82, 2.24) is 4.90 Å². The SMILES string of the molecule is CCOC(=O)C[C@H]1CCN(C2CCC(C#N)(c3cccc(OC)c3)CC2)C1. The molecule has 0 N–H and O–H groups in total. The lowest BCUT2D eigenvalue weighted by Gasteiger charge is -2.39. The number of likely N-dealkylation sites (tertiary alicyclic amines) is 1. The third-order valence-corrected chi connectivity index (χ3v) is 6.24. The standard InChI is InChI=1S/C22H30N2O3/c1-3-27-21(25)13-17-9-12-24(15-17)19-7-10-22(16-23,11-8-19)18-5-4-6-20(14-18)26-2/h4-6,14,17,19H,3,7-13,15H2,1-2H3/t17-,19?,22?/m1/s1. The molecule has 0 amide bonds. The molecule has 2 aliphatic rings. The van der Waals surface area contributed by atoms with Gasteiger partial charge in [-0.1, -0.05) is 12.1 Å². The Labute approximate surface area is 162 Å². The Morgan fingerprint density at radius 3 is 2.78 bits per heavy atom. The number of rotatable bonds is 6. The summed E-state index contributed by atoms with van der Waals surface area (Å²) in [6.07, 6.45) is 5.39. The molecule has 5 nitrogen and oxygen atoms in total. The fourth-order valence-corrected chi connectivity index (χ4v) is 4.66. The molecule has 0 spiro atoms. The number of methoxy groups -OCH3 is 1. The van der Waals surface area contributed by atoms with Gasteiger partial charge in [-0.3, -0.25) is 4.79 Å². The van der Waals surface area contributed by atoms with Crippen molar-refractivity contribution >= 4 is 5.97 Å². The molecule has 1 aromatic carbocycles. The van der Waals surface area contributed by atoms with Gasteiger partial charge in [-0.05, 0) is 69.2 Å². The summed E-state index contributed by atoms with van der Waals surface area (Å²) in [6.45, 7) is 4.33. The van der Waals surface area contributed by atoms with Gasteiger partial charge in [0.25, 0.3) is 0 Å². The molecule has 1 atom stereocenters. The molecule has 2 fully saturated rings. The highest BCUT2D eigenvalue weighted by Gasteiger charge is 2.40. The molecule has 0 radical (unpaired) electrons. The maximum atomic E-state index is 11.7. The molecule has 0 unspecified atom stereocenters. The summed E-state index contributed by atoms with van der Waals surface area (Å²) < 4.78 is 10.4. The number of nitriles is 1. The van der Waals surface area contributed by atoms with Gasteiger partial charge in [0.15, 0.2) is 0 Å². The summed E-state index contributed by atoms with van der Waals surface area (Å²) >= 11 is 0. The summed E-state index contributed by atoms with van der Waals surface area (Å²) in [6, 6.07) is 11.1. The van der Waals surface area contributed by atoms with E-state index in [-0.39, 0.29) is 5.97 Å². The summed E-state index contributed by atoms with van der Waals surface area (Å²) in [5.74, 6) is 1.14. The predicted molar refractivity (Wildman–Crippen MR) is 103 cm³/mol. The molecule has 0 bridgehead atoms. The van der Waals surface area contributed by atoms with E-state index in [1.165, 1.54) is 0 Å². The van der Waals surface area contributed by atoms with E-state index in [4.69, 9.17) is 9.47 Å². The van der Waals surface area contributed by atoms with Gasteiger partial charge in [-0.25, -0.2) is 0 Å². The minimum atomic E-state index is -0.408. The van der Waals surface area contributed by atoms with E-state index in [1.807, 2.05) is 25.1 Å². The van der Waals surface area contributed by atoms with Crippen LogP contribution < -0.4 is 4.74 Å². The topological polar surface area (TPSA) is 62.6 Å². The van der Waals surface area contributed by atoms with Crippen molar-refractivity contribution in [1.29, 1.82) is 5.26 Å². The highest BCUT2D eigenvalue weighted by atomic mass is 16.5. The largest absolute Gasteiger partial charge is 0.497 e. The number of hydrogen-bond donors (Lipinski definition) is 0. The van der Waals surface area contributed by atoms with Crippen molar-refractivity contribution < 1.29 is 14.3 Å². The monoisotopic (exact) mass is 370 g/mol. The number of ether oxygens (including phenoxy) is 2. The lowest BCUT2D eigenvalue weighted by Crippen LogP contribution is -2.41. The Kier molecular flexibility index (Phi) is 6.38.